The average Bonchev–Trinajstić information content (AvgIpc) is 2.64. The lowest BCUT2D eigenvalue weighted by atomic mass is 10.4. The van der Waals surface area contributed by atoms with Crippen LogP contribution in [0.5, 0.6) is 0 Å². The Bertz CT molecular complexity index is 560. The van der Waals surface area contributed by atoms with E-state index in [0.717, 1.165) is 41.8 Å². The molecule has 2 aromatic heterocycles. The van der Waals surface area contributed by atoms with Gasteiger partial charge in [-0.3, -0.25) is 4.68 Å². The normalized spacial score (nSPS) is 10.5. The molecule has 2 heterocycles. The molecule has 2 aromatic rings. The van der Waals surface area contributed by atoms with Gasteiger partial charge >= 0.3 is 0 Å². The number of rotatable bonds is 5. The molecule has 0 saturated carbocycles. The van der Waals surface area contributed by atoms with Crippen molar-refractivity contribution < 1.29 is 0 Å². The molecule has 19 heavy (non-hydrogen) atoms. The van der Waals surface area contributed by atoms with Crippen molar-refractivity contribution in [1.82, 2.24) is 19.7 Å². The first-order valence-corrected chi connectivity index (χ1v) is 6.45. The summed E-state index contributed by atoms with van der Waals surface area (Å²) in [5.41, 5.74) is 1.91. The van der Waals surface area contributed by atoms with Crippen molar-refractivity contribution in [2.75, 3.05) is 17.2 Å². The van der Waals surface area contributed by atoms with Crippen LogP contribution >= 0.6 is 0 Å². The topological polar surface area (TPSA) is 67.7 Å². The summed E-state index contributed by atoms with van der Waals surface area (Å²) in [7, 11) is 1.90. The SMILES string of the molecule is CCCNc1cc(Nc2cn(C)nc2C)nc(C)n1. The lowest BCUT2D eigenvalue weighted by molar-refractivity contribution is 0.756. The van der Waals surface area contributed by atoms with Crippen molar-refractivity contribution in [2.24, 2.45) is 7.05 Å². The Labute approximate surface area is 113 Å². The van der Waals surface area contributed by atoms with Crippen LogP contribution in [-0.4, -0.2) is 26.3 Å². The molecule has 2 N–H and O–H groups in total. The molecule has 0 aliphatic carbocycles. The lowest BCUT2D eigenvalue weighted by Crippen LogP contribution is -2.05. The summed E-state index contributed by atoms with van der Waals surface area (Å²) in [6.07, 6.45) is 3.00. The minimum atomic E-state index is 0.741. The Balaban J connectivity index is 2.20. The second kappa shape index (κ2) is 5.69. The zero-order chi connectivity index (χ0) is 13.8. The number of aromatic nitrogens is 4. The molecular weight excluding hydrogens is 240 g/mol. The van der Waals surface area contributed by atoms with Gasteiger partial charge in [0.1, 0.15) is 17.5 Å². The molecule has 0 spiro atoms. The fourth-order valence-electron chi connectivity index (χ4n) is 1.84. The van der Waals surface area contributed by atoms with E-state index >= 15 is 0 Å². The number of aryl methyl sites for hydroxylation is 3. The van der Waals surface area contributed by atoms with Crippen LogP contribution in [0.3, 0.4) is 0 Å². The van der Waals surface area contributed by atoms with Crippen molar-refractivity contribution in [2.45, 2.75) is 27.2 Å². The van der Waals surface area contributed by atoms with E-state index in [1.807, 2.05) is 33.2 Å². The monoisotopic (exact) mass is 260 g/mol. The average molecular weight is 260 g/mol. The number of hydrogen-bond donors (Lipinski definition) is 2. The highest BCUT2D eigenvalue weighted by atomic mass is 15.3. The van der Waals surface area contributed by atoms with Crippen LogP contribution < -0.4 is 10.6 Å². The van der Waals surface area contributed by atoms with Gasteiger partial charge in [-0.05, 0) is 20.3 Å². The molecule has 0 radical (unpaired) electrons. The van der Waals surface area contributed by atoms with Crippen LogP contribution in [0.15, 0.2) is 12.3 Å². The van der Waals surface area contributed by atoms with Gasteiger partial charge < -0.3 is 10.6 Å². The molecule has 6 heteroatoms. The van der Waals surface area contributed by atoms with E-state index in [2.05, 4.69) is 32.6 Å². The van der Waals surface area contributed by atoms with Gasteiger partial charge in [0.15, 0.2) is 0 Å². The van der Waals surface area contributed by atoms with Gasteiger partial charge in [0.2, 0.25) is 0 Å². The molecule has 0 aromatic carbocycles. The standard InChI is InChI=1S/C13H20N6/c1-5-6-14-12-7-13(16-10(3)15-12)17-11-8-19(4)18-9(11)2/h7-8H,5-6H2,1-4H3,(H2,14,15,16,17). The van der Waals surface area contributed by atoms with E-state index in [1.54, 1.807) is 4.68 Å². The van der Waals surface area contributed by atoms with E-state index in [-0.39, 0.29) is 0 Å². The van der Waals surface area contributed by atoms with E-state index in [4.69, 9.17) is 0 Å². The van der Waals surface area contributed by atoms with Crippen LogP contribution in [0.4, 0.5) is 17.3 Å². The van der Waals surface area contributed by atoms with E-state index < -0.39 is 0 Å². The van der Waals surface area contributed by atoms with Crippen LogP contribution in [0.2, 0.25) is 0 Å². The van der Waals surface area contributed by atoms with E-state index in [0.29, 0.717) is 0 Å². The summed E-state index contributed by atoms with van der Waals surface area (Å²) in [6, 6.07) is 1.91. The Morgan fingerprint density at radius 2 is 1.95 bits per heavy atom. The van der Waals surface area contributed by atoms with Crippen LogP contribution in [0.1, 0.15) is 24.9 Å². The van der Waals surface area contributed by atoms with Crippen LogP contribution in [0, 0.1) is 13.8 Å². The third kappa shape index (κ3) is 3.43. The number of anilines is 3. The van der Waals surface area contributed by atoms with Gasteiger partial charge in [-0.2, -0.15) is 5.10 Å². The third-order valence-electron chi connectivity index (χ3n) is 2.67. The molecular formula is C13H20N6. The van der Waals surface area contributed by atoms with Crippen LogP contribution in [0.25, 0.3) is 0 Å². The van der Waals surface area contributed by atoms with Gasteiger partial charge in [-0.1, -0.05) is 6.92 Å². The molecule has 0 amide bonds. The largest absolute Gasteiger partial charge is 0.370 e. The molecule has 0 aliphatic heterocycles. The smallest absolute Gasteiger partial charge is 0.136 e. The molecule has 0 atom stereocenters. The molecule has 0 unspecified atom stereocenters. The van der Waals surface area contributed by atoms with Gasteiger partial charge in [-0.25, -0.2) is 9.97 Å². The molecule has 102 valence electrons. The Hall–Kier alpha value is -2.11. The highest BCUT2D eigenvalue weighted by Crippen LogP contribution is 2.19. The minimum Gasteiger partial charge on any atom is -0.370 e. The maximum atomic E-state index is 4.39. The molecule has 6 nitrogen and oxygen atoms in total. The summed E-state index contributed by atoms with van der Waals surface area (Å²) in [5.74, 6) is 2.37. The van der Waals surface area contributed by atoms with E-state index in [1.165, 1.54) is 0 Å². The number of hydrogen-bond acceptors (Lipinski definition) is 5. The fraction of sp³-hybridized carbons (Fsp3) is 0.462. The summed E-state index contributed by atoms with van der Waals surface area (Å²) in [5, 5.41) is 10.8. The molecule has 2 rings (SSSR count). The molecule has 0 aliphatic rings. The summed E-state index contributed by atoms with van der Waals surface area (Å²) in [6.45, 7) is 6.88. The maximum Gasteiger partial charge on any atom is 0.136 e. The Morgan fingerprint density at radius 1 is 1.21 bits per heavy atom. The summed E-state index contributed by atoms with van der Waals surface area (Å²) >= 11 is 0. The predicted molar refractivity (Wildman–Crippen MR) is 76.8 cm³/mol. The first-order chi connectivity index (χ1) is 9.08. The lowest BCUT2D eigenvalue weighted by Gasteiger charge is -2.09. The summed E-state index contributed by atoms with van der Waals surface area (Å²) < 4.78 is 1.78. The second-order valence-corrected chi connectivity index (χ2v) is 4.54. The molecule has 0 saturated heterocycles. The quantitative estimate of drug-likeness (QED) is 0.864. The van der Waals surface area contributed by atoms with Crippen molar-refractivity contribution in [3.63, 3.8) is 0 Å². The highest BCUT2D eigenvalue weighted by Gasteiger charge is 2.06. The maximum absolute atomic E-state index is 4.39. The second-order valence-electron chi connectivity index (χ2n) is 4.54. The summed E-state index contributed by atoms with van der Waals surface area (Å²) in [4.78, 5) is 8.75. The van der Waals surface area contributed by atoms with Gasteiger partial charge in [-0.15, -0.1) is 0 Å². The number of nitrogens with one attached hydrogen (secondary N) is 2. The van der Waals surface area contributed by atoms with Gasteiger partial charge in [0, 0.05) is 25.9 Å². The zero-order valence-electron chi connectivity index (χ0n) is 11.9. The van der Waals surface area contributed by atoms with Crippen molar-refractivity contribution in [3.05, 3.63) is 23.8 Å². The third-order valence-corrected chi connectivity index (χ3v) is 2.67. The molecule has 0 bridgehead atoms. The fourth-order valence-corrected chi connectivity index (χ4v) is 1.84. The van der Waals surface area contributed by atoms with Crippen LogP contribution in [-0.2, 0) is 7.05 Å². The first kappa shape index (κ1) is 13.3. The predicted octanol–water partition coefficient (Wildman–Crippen LogP) is 2.39. The Kier molecular flexibility index (Phi) is 3.99. The zero-order valence-corrected chi connectivity index (χ0v) is 11.9. The van der Waals surface area contributed by atoms with E-state index in [9.17, 15) is 0 Å². The number of nitrogens with zero attached hydrogens (tertiary/aromatic N) is 4. The minimum absolute atomic E-state index is 0.741. The van der Waals surface area contributed by atoms with Gasteiger partial charge in [0.25, 0.3) is 0 Å². The first-order valence-electron chi connectivity index (χ1n) is 6.45. The van der Waals surface area contributed by atoms with Crippen molar-refractivity contribution in [1.29, 1.82) is 0 Å². The van der Waals surface area contributed by atoms with Crippen molar-refractivity contribution >= 4 is 17.3 Å². The molecule has 0 fully saturated rings. The van der Waals surface area contributed by atoms with Crippen molar-refractivity contribution in [3.8, 4) is 0 Å². The van der Waals surface area contributed by atoms with Gasteiger partial charge in [0.05, 0.1) is 11.4 Å². The highest BCUT2D eigenvalue weighted by molar-refractivity contribution is 5.60. The Morgan fingerprint density at radius 3 is 2.58 bits per heavy atom.